The Balaban J connectivity index is 1.68. The van der Waals surface area contributed by atoms with Crippen molar-refractivity contribution in [1.29, 1.82) is 5.26 Å². The van der Waals surface area contributed by atoms with E-state index in [9.17, 15) is 10.1 Å². The predicted molar refractivity (Wildman–Crippen MR) is 88.2 cm³/mol. The van der Waals surface area contributed by atoms with Crippen molar-refractivity contribution in [2.75, 3.05) is 31.1 Å². The Labute approximate surface area is 135 Å². The lowest BCUT2D eigenvalue weighted by Gasteiger charge is -2.35. The summed E-state index contributed by atoms with van der Waals surface area (Å²) in [6.45, 7) is 4.64. The Morgan fingerprint density at radius 1 is 1.13 bits per heavy atom. The van der Waals surface area contributed by atoms with Gasteiger partial charge in [-0.1, -0.05) is 17.7 Å². The number of aryl methyl sites for hydroxylation is 1. The molecule has 5 nitrogen and oxygen atoms in total. The molecule has 2 heterocycles. The van der Waals surface area contributed by atoms with Crippen LogP contribution in [0.1, 0.15) is 21.5 Å². The zero-order chi connectivity index (χ0) is 16.2. The van der Waals surface area contributed by atoms with E-state index in [1.165, 1.54) is 0 Å². The first-order valence-corrected chi connectivity index (χ1v) is 7.65. The van der Waals surface area contributed by atoms with Crippen LogP contribution in [0.5, 0.6) is 0 Å². The monoisotopic (exact) mass is 306 g/mol. The summed E-state index contributed by atoms with van der Waals surface area (Å²) >= 11 is 0. The number of hydrogen-bond donors (Lipinski definition) is 0. The Hall–Kier alpha value is -2.87. The average Bonchev–Trinajstić information content (AvgIpc) is 2.62. The van der Waals surface area contributed by atoms with Crippen LogP contribution in [0.4, 0.5) is 5.82 Å². The van der Waals surface area contributed by atoms with E-state index in [0.717, 1.165) is 11.1 Å². The summed E-state index contributed by atoms with van der Waals surface area (Å²) in [5.74, 6) is 0.767. The highest BCUT2D eigenvalue weighted by Crippen LogP contribution is 2.19. The molecule has 0 spiro atoms. The fraction of sp³-hybridized carbons (Fsp3) is 0.278. The number of hydrogen-bond acceptors (Lipinski definition) is 4. The maximum absolute atomic E-state index is 12.5. The second-order valence-corrected chi connectivity index (χ2v) is 5.63. The highest BCUT2D eigenvalue weighted by molar-refractivity contribution is 5.94. The minimum absolute atomic E-state index is 0.0613. The lowest BCUT2D eigenvalue weighted by Crippen LogP contribution is -2.49. The molecule has 0 aliphatic carbocycles. The van der Waals surface area contributed by atoms with E-state index in [-0.39, 0.29) is 5.91 Å². The number of aromatic nitrogens is 1. The van der Waals surface area contributed by atoms with Crippen LogP contribution in [0.2, 0.25) is 0 Å². The van der Waals surface area contributed by atoms with Crippen molar-refractivity contribution in [2.45, 2.75) is 6.92 Å². The molecular weight excluding hydrogens is 288 g/mol. The van der Waals surface area contributed by atoms with Gasteiger partial charge in [0.1, 0.15) is 11.9 Å². The molecule has 0 saturated carbocycles. The molecule has 1 aliphatic rings. The average molecular weight is 306 g/mol. The van der Waals surface area contributed by atoms with E-state index in [4.69, 9.17) is 0 Å². The molecule has 3 rings (SSSR count). The second-order valence-electron chi connectivity index (χ2n) is 5.63. The van der Waals surface area contributed by atoms with Gasteiger partial charge in [0, 0.05) is 37.9 Å². The van der Waals surface area contributed by atoms with Crippen LogP contribution in [0.15, 0.2) is 42.6 Å². The SMILES string of the molecule is Cc1ccc(C(=O)N2CCN(c3ncccc3C#N)CC2)cc1. The smallest absolute Gasteiger partial charge is 0.253 e. The summed E-state index contributed by atoms with van der Waals surface area (Å²) in [7, 11) is 0. The van der Waals surface area contributed by atoms with Gasteiger partial charge in [-0.2, -0.15) is 5.26 Å². The number of amides is 1. The number of carbonyl (C=O) groups excluding carboxylic acids is 1. The van der Waals surface area contributed by atoms with Crippen LogP contribution < -0.4 is 4.90 Å². The molecule has 1 aliphatic heterocycles. The van der Waals surface area contributed by atoms with E-state index < -0.39 is 0 Å². The van der Waals surface area contributed by atoms with E-state index in [1.54, 1.807) is 18.3 Å². The van der Waals surface area contributed by atoms with Crippen LogP contribution in [0.25, 0.3) is 0 Å². The van der Waals surface area contributed by atoms with Crippen LogP contribution in [-0.4, -0.2) is 42.0 Å². The third kappa shape index (κ3) is 3.16. The van der Waals surface area contributed by atoms with Crippen molar-refractivity contribution in [1.82, 2.24) is 9.88 Å². The van der Waals surface area contributed by atoms with Crippen LogP contribution in [0, 0.1) is 18.3 Å². The van der Waals surface area contributed by atoms with Gasteiger partial charge < -0.3 is 9.80 Å². The van der Waals surface area contributed by atoms with E-state index in [2.05, 4.69) is 16.0 Å². The molecule has 1 aromatic heterocycles. The van der Waals surface area contributed by atoms with E-state index >= 15 is 0 Å². The van der Waals surface area contributed by atoms with Crippen molar-refractivity contribution >= 4 is 11.7 Å². The van der Waals surface area contributed by atoms with Gasteiger partial charge in [-0.15, -0.1) is 0 Å². The number of anilines is 1. The van der Waals surface area contributed by atoms with E-state index in [0.29, 0.717) is 37.6 Å². The largest absolute Gasteiger partial charge is 0.352 e. The number of benzene rings is 1. The number of carbonyl (C=O) groups is 1. The van der Waals surface area contributed by atoms with Crippen molar-refractivity contribution < 1.29 is 4.79 Å². The molecular formula is C18H18N4O. The molecule has 0 radical (unpaired) electrons. The third-order valence-corrected chi connectivity index (χ3v) is 4.07. The summed E-state index contributed by atoms with van der Waals surface area (Å²) in [6.07, 6.45) is 1.69. The minimum Gasteiger partial charge on any atom is -0.352 e. The molecule has 5 heteroatoms. The summed E-state index contributed by atoms with van der Waals surface area (Å²) < 4.78 is 0. The highest BCUT2D eigenvalue weighted by Gasteiger charge is 2.23. The Morgan fingerprint density at radius 3 is 2.48 bits per heavy atom. The van der Waals surface area contributed by atoms with Crippen molar-refractivity contribution in [2.24, 2.45) is 0 Å². The zero-order valence-corrected chi connectivity index (χ0v) is 13.1. The zero-order valence-electron chi connectivity index (χ0n) is 13.1. The Kier molecular flexibility index (Phi) is 4.24. The van der Waals surface area contributed by atoms with Gasteiger partial charge in [0.05, 0.1) is 5.56 Å². The minimum atomic E-state index is 0.0613. The number of nitriles is 1. The number of pyridine rings is 1. The van der Waals surface area contributed by atoms with Crippen LogP contribution >= 0.6 is 0 Å². The molecule has 0 unspecified atom stereocenters. The third-order valence-electron chi connectivity index (χ3n) is 4.07. The maximum Gasteiger partial charge on any atom is 0.253 e. The normalized spacial score (nSPS) is 14.4. The van der Waals surface area contributed by atoms with Gasteiger partial charge in [0.2, 0.25) is 0 Å². The molecule has 1 aromatic carbocycles. The van der Waals surface area contributed by atoms with Crippen LogP contribution in [-0.2, 0) is 0 Å². The number of nitrogens with zero attached hydrogens (tertiary/aromatic N) is 4. The van der Waals surface area contributed by atoms with Gasteiger partial charge in [-0.05, 0) is 31.2 Å². The molecule has 0 bridgehead atoms. The molecule has 0 atom stereocenters. The second kappa shape index (κ2) is 6.49. The van der Waals surface area contributed by atoms with Crippen LogP contribution in [0.3, 0.4) is 0 Å². The molecule has 2 aromatic rings. The molecule has 1 amide bonds. The number of rotatable bonds is 2. The Morgan fingerprint density at radius 2 is 1.83 bits per heavy atom. The summed E-state index contributed by atoms with van der Waals surface area (Å²) in [5, 5.41) is 9.18. The summed E-state index contributed by atoms with van der Waals surface area (Å²) in [5.41, 5.74) is 2.44. The Bertz CT molecular complexity index is 740. The first-order chi connectivity index (χ1) is 11.2. The molecule has 1 saturated heterocycles. The quantitative estimate of drug-likeness (QED) is 0.853. The first kappa shape index (κ1) is 15.0. The number of piperazine rings is 1. The highest BCUT2D eigenvalue weighted by atomic mass is 16.2. The fourth-order valence-electron chi connectivity index (χ4n) is 2.74. The molecule has 1 fully saturated rings. The maximum atomic E-state index is 12.5. The lowest BCUT2D eigenvalue weighted by atomic mass is 10.1. The van der Waals surface area contributed by atoms with Gasteiger partial charge in [0.15, 0.2) is 0 Å². The topological polar surface area (TPSA) is 60.2 Å². The summed E-state index contributed by atoms with van der Waals surface area (Å²) in [4.78, 5) is 20.8. The predicted octanol–water partition coefficient (Wildman–Crippen LogP) is 2.22. The molecule has 116 valence electrons. The van der Waals surface area contributed by atoms with Gasteiger partial charge in [-0.3, -0.25) is 4.79 Å². The molecule has 0 N–H and O–H groups in total. The molecule has 23 heavy (non-hydrogen) atoms. The first-order valence-electron chi connectivity index (χ1n) is 7.65. The van der Waals surface area contributed by atoms with Gasteiger partial charge in [-0.25, -0.2) is 4.98 Å². The lowest BCUT2D eigenvalue weighted by molar-refractivity contribution is 0.0746. The summed E-state index contributed by atoms with van der Waals surface area (Å²) in [6, 6.07) is 13.4. The fourth-order valence-corrected chi connectivity index (χ4v) is 2.74. The van der Waals surface area contributed by atoms with Crippen molar-refractivity contribution in [3.05, 3.63) is 59.3 Å². The standard InChI is InChI=1S/C18H18N4O/c1-14-4-6-15(7-5-14)18(23)22-11-9-21(10-12-22)17-16(13-19)3-2-8-20-17/h2-8H,9-12H2,1H3. The van der Waals surface area contributed by atoms with Gasteiger partial charge >= 0.3 is 0 Å². The van der Waals surface area contributed by atoms with E-state index in [1.807, 2.05) is 36.1 Å². The van der Waals surface area contributed by atoms with Crippen molar-refractivity contribution in [3.63, 3.8) is 0 Å². The van der Waals surface area contributed by atoms with Gasteiger partial charge in [0.25, 0.3) is 5.91 Å². The van der Waals surface area contributed by atoms with Crippen molar-refractivity contribution in [3.8, 4) is 6.07 Å².